The summed E-state index contributed by atoms with van der Waals surface area (Å²) in [5.74, 6) is 1.46. The van der Waals surface area contributed by atoms with Gasteiger partial charge in [-0.2, -0.15) is 0 Å². The molecular weight excluding hydrogens is 300 g/mol. The molecule has 0 bridgehead atoms. The molecule has 0 saturated carbocycles. The monoisotopic (exact) mass is 330 g/mol. The Morgan fingerprint density at radius 2 is 1.79 bits per heavy atom. The fraction of sp³-hybridized carbons (Fsp3) is 0.571. The number of aryl methyl sites for hydroxylation is 1. The molecule has 1 heterocycles. The first-order valence-corrected chi connectivity index (χ1v) is 9.30. The van der Waals surface area contributed by atoms with Crippen LogP contribution in [0.5, 0.6) is 5.75 Å². The van der Waals surface area contributed by atoms with Crippen LogP contribution in [0.2, 0.25) is 0 Å². The molecule has 0 atom stereocenters. The van der Waals surface area contributed by atoms with Crippen LogP contribution in [0.15, 0.2) is 33.5 Å². The lowest BCUT2D eigenvalue weighted by Gasteiger charge is -2.14. The minimum Gasteiger partial charge on any atom is -0.493 e. The van der Waals surface area contributed by atoms with Gasteiger partial charge in [0.05, 0.1) is 6.61 Å². The second kappa shape index (κ2) is 9.51. The lowest BCUT2D eigenvalue weighted by atomic mass is 10.00. The number of benzene rings is 1. The molecule has 0 aliphatic heterocycles. The second-order valence-corrected chi connectivity index (χ2v) is 6.91. The van der Waals surface area contributed by atoms with Gasteiger partial charge in [0.15, 0.2) is 0 Å². The van der Waals surface area contributed by atoms with Crippen molar-refractivity contribution < 1.29 is 9.15 Å². The van der Waals surface area contributed by atoms with Crippen molar-refractivity contribution in [2.75, 3.05) is 6.61 Å². The summed E-state index contributed by atoms with van der Waals surface area (Å²) in [5.41, 5.74) is 1.42. The average molecular weight is 330 g/mol. The Labute approximate surface area is 145 Å². The average Bonchev–Trinajstić information content (AvgIpc) is 2.56. The molecule has 0 unspecified atom stereocenters. The van der Waals surface area contributed by atoms with E-state index in [9.17, 15) is 4.79 Å². The third kappa shape index (κ3) is 5.40. The van der Waals surface area contributed by atoms with Crippen molar-refractivity contribution in [2.24, 2.45) is 5.92 Å². The number of fused-ring (bicyclic) bond motifs is 1. The minimum absolute atomic E-state index is 0.301. The van der Waals surface area contributed by atoms with E-state index >= 15 is 0 Å². The van der Waals surface area contributed by atoms with Crippen molar-refractivity contribution in [3.8, 4) is 5.75 Å². The molecule has 1 aromatic heterocycles. The van der Waals surface area contributed by atoms with Crippen molar-refractivity contribution in [3.63, 3.8) is 0 Å². The van der Waals surface area contributed by atoms with Crippen molar-refractivity contribution in [3.05, 3.63) is 40.2 Å². The molecule has 0 N–H and O–H groups in total. The molecule has 2 aromatic rings. The summed E-state index contributed by atoms with van der Waals surface area (Å²) in [6.07, 6.45) is 8.01. The van der Waals surface area contributed by atoms with Crippen LogP contribution in [-0.4, -0.2) is 6.61 Å². The van der Waals surface area contributed by atoms with Gasteiger partial charge in [0.25, 0.3) is 0 Å². The van der Waals surface area contributed by atoms with E-state index in [0.29, 0.717) is 11.5 Å². The molecular formula is C21H30O3. The van der Waals surface area contributed by atoms with Gasteiger partial charge < -0.3 is 9.15 Å². The summed E-state index contributed by atoms with van der Waals surface area (Å²) in [7, 11) is 0. The quantitative estimate of drug-likeness (QED) is 0.412. The molecule has 0 fully saturated rings. The van der Waals surface area contributed by atoms with E-state index in [4.69, 9.17) is 9.15 Å². The van der Waals surface area contributed by atoms with Crippen molar-refractivity contribution >= 4 is 11.0 Å². The van der Waals surface area contributed by atoms with Crippen LogP contribution in [0, 0.1) is 5.92 Å². The van der Waals surface area contributed by atoms with Gasteiger partial charge in [0, 0.05) is 17.0 Å². The predicted octanol–water partition coefficient (Wildman–Crippen LogP) is 5.73. The maximum Gasteiger partial charge on any atom is 0.336 e. The number of hydrogen-bond acceptors (Lipinski definition) is 3. The van der Waals surface area contributed by atoms with Gasteiger partial charge in [-0.1, -0.05) is 46.5 Å². The standard InChI is InChI=1S/C21H30O3/c1-4-5-6-7-8-15-23-19-13-10-17-11-14-20(22)24-21(17)18(19)12-9-16(2)3/h10-11,13-14,16H,4-9,12,15H2,1-3H3. The maximum atomic E-state index is 11.6. The van der Waals surface area contributed by atoms with Gasteiger partial charge in [-0.25, -0.2) is 4.79 Å². The van der Waals surface area contributed by atoms with Crippen molar-refractivity contribution in [1.29, 1.82) is 0 Å². The van der Waals surface area contributed by atoms with Crippen LogP contribution in [-0.2, 0) is 6.42 Å². The van der Waals surface area contributed by atoms with E-state index in [1.807, 2.05) is 18.2 Å². The third-order valence-electron chi connectivity index (χ3n) is 4.33. The van der Waals surface area contributed by atoms with Crippen LogP contribution in [0.1, 0.15) is 64.9 Å². The summed E-state index contributed by atoms with van der Waals surface area (Å²) >= 11 is 0. The summed E-state index contributed by atoms with van der Waals surface area (Å²) in [5, 5.41) is 0.962. The molecule has 3 nitrogen and oxygen atoms in total. The lowest BCUT2D eigenvalue weighted by molar-refractivity contribution is 0.301. The first-order chi connectivity index (χ1) is 11.6. The van der Waals surface area contributed by atoms with E-state index in [-0.39, 0.29) is 5.63 Å². The Balaban J connectivity index is 2.14. The van der Waals surface area contributed by atoms with Gasteiger partial charge in [0.1, 0.15) is 11.3 Å². The van der Waals surface area contributed by atoms with Crippen LogP contribution >= 0.6 is 0 Å². The molecule has 1 aromatic carbocycles. The summed E-state index contributed by atoms with van der Waals surface area (Å²) in [4.78, 5) is 11.6. The first-order valence-electron chi connectivity index (χ1n) is 9.30. The number of unbranched alkanes of at least 4 members (excludes halogenated alkanes) is 4. The Hall–Kier alpha value is -1.77. The molecule has 3 heteroatoms. The Morgan fingerprint density at radius 3 is 2.54 bits per heavy atom. The van der Waals surface area contributed by atoms with E-state index < -0.39 is 0 Å². The van der Waals surface area contributed by atoms with Gasteiger partial charge >= 0.3 is 5.63 Å². The van der Waals surface area contributed by atoms with Crippen LogP contribution in [0.4, 0.5) is 0 Å². The molecule has 0 aliphatic rings. The van der Waals surface area contributed by atoms with Crippen LogP contribution in [0.25, 0.3) is 11.0 Å². The van der Waals surface area contributed by atoms with E-state index in [0.717, 1.165) is 42.6 Å². The molecule has 24 heavy (non-hydrogen) atoms. The van der Waals surface area contributed by atoms with Crippen LogP contribution < -0.4 is 10.4 Å². The zero-order valence-electron chi connectivity index (χ0n) is 15.3. The number of ether oxygens (including phenoxy) is 1. The summed E-state index contributed by atoms with van der Waals surface area (Å²) < 4.78 is 11.5. The normalized spacial score (nSPS) is 11.3. The fourth-order valence-electron chi connectivity index (χ4n) is 2.86. The number of hydrogen-bond donors (Lipinski definition) is 0. The zero-order chi connectivity index (χ0) is 17.4. The van der Waals surface area contributed by atoms with E-state index in [2.05, 4.69) is 20.8 Å². The molecule has 132 valence electrons. The highest BCUT2D eigenvalue weighted by atomic mass is 16.5. The summed E-state index contributed by atoms with van der Waals surface area (Å²) in [6.45, 7) is 7.35. The number of rotatable bonds is 10. The highest BCUT2D eigenvalue weighted by Crippen LogP contribution is 2.29. The van der Waals surface area contributed by atoms with Crippen molar-refractivity contribution in [1.82, 2.24) is 0 Å². The highest BCUT2D eigenvalue weighted by molar-refractivity contribution is 5.82. The molecule has 0 saturated heterocycles. The van der Waals surface area contributed by atoms with Gasteiger partial charge in [-0.05, 0) is 43.4 Å². The van der Waals surface area contributed by atoms with Crippen molar-refractivity contribution in [2.45, 2.75) is 65.7 Å². The zero-order valence-corrected chi connectivity index (χ0v) is 15.3. The first kappa shape index (κ1) is 18.6. The lowest BCUT2D eigenvalue weighted by Crippen LogP contribution is -2.04. The maximum absolute atomic E-state index is 11.6. The Morgan fingerprint density at radius 1 is 1.04 bits per heavy atom. The highest BCUT2D eigenvalue weighted by Gasteiger charge is 2.12. The van der Waals surface area contributed by atoms with E-state index in [1.54, 1.807) is 0 Å². The molecule has 0 radical (unpaired) electrons. The smallest absolute Gasteiger partial charge is 0.336 e. The largest absolute Gasteiger partial charge is 0.493 e. The fourth-order valence-corrected chi connectivity index (χ4v) is 2.86. The second-order valence-electron chi connectivity index (χ2n) is 6.91. The molecule has 0 aliphatic carbocycles. The third-order valence-corrected chi connectivity index (χ3v) is 4.33. The predicted molar refractivity (Wildman–Crippen MR) is 99.9 cm³/mol. The molecule has 2 rings (SSSR count). The Bertz CT molecular complexity index is 685. The van der Waals surface area contributed by atoms with Gasteiger partial charge in [-0.3, -0.25) is 0 Å². The summed E-state index contributed by atoms with van der Waals surface area (Å²) in [6, 6.07) is 7.30. The molecule has 0 amide bonds. The topological polar surface area (TPSA) is 39.4 Å². The Kier molecular flexibility index (Phi) is 7.36. The minimum atomic E-state index is -0.301. The van der Waals surface area contributed by atoms with Crippen LogP contribution in [0.3, 0.4) is 0 Å². The van der Waals surface area contributed by atoms with E-state index in [1.165, 1.54) is 31.7 Å². The van der Waals surface area contributed by atoms with Gasteiger partial charge in [0.2, 0.25) is 0 Å². The van der Waals surface area contributed by atoms with Gasteiger partial charge in [-0.15, -0.1) is 0 Å². The SMILES string of the molecule is CCCCCCCOc1ccc2ccc(=O)oc2c1CCC(C)C. The molecule has 0 spiro atoms.